The van der Waals surface area contributed by atoms with Gasteiger partial charge in [0.05, 0.1) is 10.5 Å². The van der Waals surface area contributed by atoms with Crippen molar-refractivity contribution in [2.24, 2.45) is 0 Å². The summed E-state index contributed by atoms with van der Waals surface area (Å²) in [4.78, 5) is 9.89. The number of anilines is 1. The number of nitro groups is 1. The number of hydrogen-bond acceptors (Lipinski definition) is 4. The lowest BCUT2D eigenvalue weighted by Crippen LogP contribution is -2.09. The molecule has 5 nitrogen and oxygen atoms in total. The molecule has 100 valence electrons. The molecule has 0 bridgehead atoms. The van der Waals surface area contributed by atoms with E-state index in [9.17, 15) is 23.3 Å². The van der Waals surface area contributed by atoms with Gasteiger partial charge in [0.2, 0.25) is 0 Å². The van der Waals surface area contributed by atoms with Gasteiger partial charge in [-0.25, -0.2) is 0 Å². The number of nitro benzene ring substituents is 1. The number of benzene rings is 1. The van der Waals surface area contributed by atoms with E-state index in [0.717, 1.165) is 6.07 Å². The average molecular weight is 264 g/mol. The third kappa shape index (κ3) is 3.59. The molecule has 8 heteroatoms. The molecule has 0 saturated heterocycles. The highest BCUT2D eigenvalue weighted by atomic mass is 19.4. The first-order chi connectivity index (χ1) is 8.36. The van der Waals surface area contributed by atoms with Gasteiger partial charge in [-0.05, 0) is 18.6 Å². The lowest BCUT2D eigenvalue weighted by atomic mass is 10.1. The number of aliphatic hydroxyl groups excluding tert-OH is 1. The molecule has 0 heterocycles. The van der Waals surface area contributed by atoms with Crippen molar-refractivity contribution in [3.05, 3.63) is 33.9 Å². The van der Waals surface area contributed by atoms with Crippen LogP contribution in [0.2, 0.25) is 0 Å². The second-order valence-corrected chi connectivity index (χ2v) is 3.49. The Labute approximate surface area is 100 Å². The summed E-state index contributed by atoms with van der Waals surface area (Å²) in [7, 11) is 0. The topological polar surface area (TPSA) is 75.4 Å². The normalized spacial score (nSPS) is 11.3. The van der Waals surface area contributed by atoms with Crippen molar-refractivity contribution in [2.45, 2.75) is 12.6 Å². The number of rotatable bonds is 5. The molecule has 0 spiro atoms. The molecular weight excluding hydrogens is 253 g/mol. The molecule has 0 fully saturated rings. The van der Waals surface area contributed by atoms with Crippen LogP contribution in [0.25, 0.3) is 0 Å². The molecular formula is C10H11F3N2O3. The molecule has 0 unspecified atom stereocenters. The molecule has 0 aliphatic rings. The highest BCUT2D eigenvalue weighted by Gasteiger charge is 2.32. The van der Waals surface area contributed by atoms with Gasteiger partial charge in [-0.15, -0.1) is 0 Å². The Morgan fingerprint density at radius 2 is 2.06 bits per heavy atom. The van der Waals surface area contributed by atoms with Crippen LogP contribution in [0.15, 0.2) is 18.2 Å². The van der Waals surface area contributed by atoms with Crippen LogP contribution in [0, 0.1) is 10.1 Å². The Morgan fingerprint density at radius 3 is 2.56 bits per heavy atom. The van der Waals surface area contributed by atoms with E-state index in [-0.39, 0.29) is 25.3 Å². The van der Waals surface area contributed by atoms with Crippen molar-refractivity contribution in [3.8, 4) is 0 Å². The molecule has 18 heavy (non-hydrogen) atoms. The first-order valence-corrected chi connectivity index (χ1v) is 5.06. The summed E-state index contributed by atoms with van der Waals surface area (Å²) in [5, 5.41) is 21.7. The molecule has 0 aliphatic heterocycles. The van der Waals surface area contributed by atoms with Gasteiger partial charge < -0.3 is 10.4 Å². The van der Waals surface area contributed by atoms with Crippen LogP contribution >= 0.6 is 0 Å². The first-order valence-electron chi connectivity index (χ1n) is 5.06. The zero-order valence-corrected chi connectivity index (χ0v) is 9.20. The largest absolute Gasteiger partial charge is 0.416 e. The minimum absolute atomic E-state index is 0.151. The Morgan fingerprint density at radius 1 is 1.39 bits per heavy atom. The molecule has 1 aromatic rings. The zero-order valence-electron chi connectivity index (χ0n) is 9.20. The number of aliphatic hydroxyl groups is 1. The van der Waals surface area contributed by atoms with Crippen molar-refractivity contribution in [1.29, 1.82) is 0 Å². The minimum atomic E-state index is -4.55. The maximum atomic E-state index is 12.5. The molecule has 0 radical (unpaired) electrons. The van der Waals surface area contributed by atoms with Gasteiger partial charge in [0.1, 0.15) is 5.69 Å². The van der Waals surface area contributed by atoms with Gasteiger partial charge in [0.25, 0.3) is 5.69 Å². The van der Waals surface area contributed by atoms with Crippen LogP contribution in [0.1, 0.15) is 12.0 Å². The standard InChI is InChI=1S/C10H11F3N2O3/c11-10(12,13)7-2-3-9(15(17)18)8(6-7)14-4-1-5-16/h2-3,6,14,16H,1,4-5H2. The minimum Gasteiger partial charge on any atom is -0.396 e. The van der Waals surface area contributed by atoms with Crippen molar-refractivity contribution in [2.75, 3.05) is 18.5 Å². The smallest absolute Gasteiger partial charge is 0.396 e. The van der Waals surface area contributed by atoms with Crippen LogP contribution in [-0.4, -0.2) is 23.2 Å². The summed E-state index contributed by atoms with van der Waals surface area (Å²) < 4.78 is 37.4. The molecule has 1 aromatic carbocycles. The van der Waals surface area contributed by atoms with Crippen molar-refractivity contribution < 1.29 is 23.2 Å². The second-order valence-electron chi connectivity index (χ2n) is 3.49. The van der Waals surface area contributed by atoms with Gasteiger partial charge in [0, 0.05) is 19.2 Å². The Balaban J connectivity index is 3.04. The van der Waals surface area contributed by atoms with Gasteiger partial charge in [-0.1, -0.05) is 0 Å². The van der Waals surface area contributed by atoms with Crippen molar-refractivity contribution in [1.82, 2.24) is 0 Å². The first kappa shape index (κ1) is 14.2. The van der Waals surface area contributed by atoms with E-state index in [1.54, 1.807) is 0 Å². The molecule has 0 saturated carbocycles. The van der Waals surface area contributed by atoms with Gasteiger partial charge in [0.15, 0.2) is 0 Å². The van der Waals surface area contributed by atoms with Crippen LogP contribution in [0.3, 0.4) is 0 Å². The monoisotopic (exact) mass is 264 g/mol. The second kappa shape index (κ2) is 5.67. The predicted molar refractivity (Wildman–Crippen MR) is 58.3 cm³/mol. The van der Waals surface area contributed by atoms with E-state index >= 15 is 0 Å². The van der Waals surface area contributed by atoms with Crippen LogP contribution < -0.4 is 5.32 Å². The highest BCUT2D eigenvalue weighted by molar-refractivity contribution is 5.63. The summed E-state index contributed by atoms with van der Waals surface area (Å²) in [6.45, 7) is -0.00158. The average Bonchev–Trinajstić information content (AvgIpc) is 2.27. The molecule has 0 aromatic heterocycles. The van der Waals surface area contributed by atoms with E-state index in [1.807, 2.05) is 0 Å². The van der Waals surface area contributed by atoms with E-state index in [0.29, 0.717) is 12.1 Å². The van der Waals surface area contributed by atoms with Crippen LogP contribution in [0.5, 0.6) is 0 Å². The Bertz CT molecular complexity index is 435. The summed E-state index contributed by atoms with van der Waals surface area (Å²) in [6, 6.07) is 2.16. The molecule has 0 atom stereocenters. The fraction of sp³-hybridized carbons (Fsp3) is 0.400. The number of nitrogens with one attached hydrogen (secondary N) is 1. The van der Waals surface area contributed by atoms with Gasteiger partial charge in [-0.3, -0.25) is 10.1 Å². The molecule has 1 rings (SSSR count). The summed E-state index contributed by atoms with van der Waals surface area (Å²) in [5.41, 5.74) is -1.59. The highest BCUT2D eigenvalue weighted by Crippen LogP contribution is 2.34. The number of alkyl halides is 3. The number of hydrogen-bond donors (Lipinski definition) is 2. The maximum absolute atomic E-state index is 12.5. The Kier molecular flexibility index (Phi) is 4.49. The fourth-order valence-corrected chi connectivity index (χ4v) is 1.32. The Hall–Kier alpha value is -1.83. The van der Waals surface area contributed by atoms with E-state index < -0.39 is 22.4 Å². The van der Waals surface area contributed by atoms with Crippen molar-refractivity contribution >= 4 is 11.4 Å². The lowest BCUT2D eigenvalue weighted by molar-refractivity contribution is -0.384. The summed E-state index contributed by atoms with van der Waals surface area (Å²) in [6.07, 6.45) is -4.27. The number of nitrogens with zero attached hydrogens (tertiary/aromatic N) is 1. The third-order valence-corrected chi connectivity index (χ3v) is 2.17. The van der Waals surface area contributed by atoms with Gasteiger partial charge in [-0.2, -0.15) is 13.2 Å². The summed E-state index contributed by atoms with van der Waals surface area (Å²) >= 11 is 0. The fourth-order valence-electron chi connectivity index (χ4n) is 1.32. The quantitative estimate of drug-likeness (QED) is 0.486. The predicted octanol–water partition coefficient (Wildman–Crippen LogP) is 2.41. The van der Waals surface area contributed by atoms with E-state index in [2.05, 4.69) is 5.32 Å². The number of halogens is 3. The lowest BCUT2D eigenvalue weighted by Gasteiger charge is -2.10. The SMILES string of the molecule is O=[N+]([O-])c1ccc(C(F)(F)F)cc1NCCCO. The molecule has 0 aliphatic carbocycles. The van der Waals surface area contributed by atoms with Crippen LogP contribution in [0.4, 0.5) is 24.5 Å². The van der Waals surface area contributed by atoms with E-state index in [1.165, 1.54) is 0 Å². The van der Waals surface area contributed by atoms with Crippen molar-refractivity contribution in [3.63, 3.8) is 0 Å². The zero-order chi connectivity index (χ0) is 13.8. The van der Waals surface area contributed by atoms with E-state index in [4.69, 9.17) is 5.11 Å². The molecule has 0 amide bonds. The van der Waals surface area contributed by atoms with Crippen LogP contribution in [-0.2, 0) is 6.18 Å². The third-order valence-electron chi connectivity index (χ3n) is 2.17. The maximum Gasteiger partial charge on any atom is 0.416 e. The van der Waals surface area contributed by atoms with Gasteiger partial charge >= 0.3 is 6.18 Å². The molecule has 2 N–H and O–H groups in total. The summed E-state index contributed by atoms with van der Waals surface area (Å²) in [5.74, 6) is 0.